The van der Waals surface area contributed by atoms with Crippen molar-refractivity contribution < 1.29 is 23.8 Å². The zero-order chi connectivity index (χ0) is 21.7. The molecule has 1 aromatic carbocycles. The molecule has 0 radical (unpaired) electrons. The summed E-state index contributed by atoms with van der Waals surface area (Å²) in [5, 5.41) is 3.39. The maximum Gasteiger partial charge on any atom is 0.341 e. The highest BCUT2D eigenvalue weighted by molar-refractivity contribution is 7.17. The van der Waals surface area contributed by atoms with Gasteiger partial charge in [-0.25, -0.2) is 4.79 Å². The third-order valence-corrected chi connectivity index (χ3v) is 5.95. The molecule has 1 aliphatic rings. The summed E-state index contributed by atoms with van der Waals surface area (Å²) >= 11 is 1.43. The van der Waals surface area contributed by atoms with Crippen LogP contribution in [0.1, 0.15) is 33.3 Å². The van der Waals surface area contributed by atoms with Crippen molar-refractivity contribution in [2.45, 2.75) is 19.9 Å². The summed E-state index contributed by atoms with van der Waals surface area (Å²) in [6.45, 7) is 3.66. The van der Waals surface area contributed by atoms with E-state index in [1.165, 1.54) is 17.4 Å². The number of hydrogen-bond acceptors (Lipinski definition) is 7. The zero-order valence-corrected chi connectivity index (χ0v) is 18.4. The number of nitrogens with one attached hydrogen (secondary N) is 1. The van der Waals surface area contributed by atoms with Gasteiger partial charge in [0.25, 0.3) is 0 Å². The number of amides is 1. The Morgan fingerprint density at radius 3 is 2.77 bits per heavy atom. The molecule has 7 nitrogen and oxygen atoms in total. The first-order chi connectivity index (χ1) is 14.5. The van der Waals surface area contributed by atoms with Gasteiger partial charge in [-0.1, -0.05) is 0 Å². The lowest BCUT2D eigenvalue weighted by molar-refractivity contribution is -0.111. The second-order valence-electron chi connectivity index (χ2n) is 6.85. The molecule has 1 amide bonds. The van der Waals surface area contributed by atoms with Gasteiger partial charge in [0.1, 0.15) is 16.5 Å². The highest BCUT2D eigenvalue weighted by Crippen LogP contribution is 2.37. The minimum absolute atomic E-state index is 0.284. The van der Waals surface area contributed by atoms with Gasteiger partial charge >= 0.3 is 5.97 Å². The van der Waals surface area contributed by atoms with Crippen LogP contribution < -0.4 is 14.8 Å². The van der Waals surface area contributed by atoms with Gasteiger partial charge < -0.3 is 24.4 Å². The molecular formula is C22H26N2O5S. The van der Waals surface area contributed by atoms with Crippen molar-refractivity contribution in [1.29, 1.82) is 0 Å². The lowest BCUT2D eigenvalue weighted by Gasteiger charge is -2.22. The fourth-order valence-corrected chi connectivity index (χ4v) is 4.65. The van der Waals surface area contributed by atoms with Gasteiger partial charge in [0.05, 0.1) is 26.4 Å². The molecule has 1 N–H and O–H groups in total. The topological polar surface area (TPSA) is 77.1 Å². The highest BCUT2D eigenvalue weighted by Gasteiger charge is 2.28. The molecule has 160 valence electrons. The third-order valence-electron chi connectivity index (χ3n) is 4.82. The van der Waals surface area contributed by atoms with Crippen molar-refractivity contribution in [2.75, 3.05) is 39.7 Å². The van der Waals surface area contributed by atoms with Gasteiger partial charge in [0, 0.05) is 29.6 Å². The standard InChI is InChI=1S/C22H26N2O5S/c1-5-29-22(26)20-16-10-11-24(2)13-18(16)30-21(20)23-19(25)9-6-14-12-15(27-3)7-8-17(14)28-4/h6-9,12H,5,10-11,13H2,1-4H3,(H,23,25)/b9-6+. The molecule has 3 rings (SSSR count). The van der Waals surface area contributed by atoms with E-state index in [1.807, 2.05) is 7.05 Å². The Morgan fingerprint density at radius 1 is 1.27 bits per heavy atom. The Labute approximate surface area is 180 Å². The number of esters is 1. The number of methoxy groups -OCH3 is 2. The number of benzene rings is 1. The number of thiophene rings is 1. The molecule has 8 heteroatoms. The normalized spacial score (nSPS) is 13.7. The number of anilines is 1. The van der Waals surface area contributed by atoms with E-state index in [9.17, 15) is 9.59 Å². The van der Waals surface area contributed by atoms with Crippen LogP contribution in [0, 0.1) is 0 Å². The first-order valence-corrected chi connectivity index (χ1v) is 10.5. The van der Waals surface area contributed by atoms with E-state index in [2.05, 4.69) is 10.2 Å². The fraction of sp³-hybridized carbons (Fsp3) is 0.364. The Bertz CT molecular complexity index is 967. The number of fused-ring (bicyclic) bond motifs is 1. The lowest BCUT2D eigenvalue weighted by Crippen LogP contribution is -2.26. The van der Waals surface area contributed by atoms with Crippen LogP contribution in [-0.4, -0.2) is 51.2 Å². The molecule has 0 unspecified atom stereocenters. The molecule has 0 saturated heterocycles. The summed E-state index contributed by atoms with van der Waals surface area (Å²) in [6, 6.07) is 5.35. The third kappa shape index (κ3) is 4.83. The summed E-state index contributed by atoms with van der Waals surface area (Å²) in [4.78, 5) is 28.5. The highest BCUT2D eigenvalue weighted by atomic mass is 32.1. The number of rotatable bonds is 7. The molecule has 0 aliphatic carbocycles. The molecular weight excluding hydrogens is 404 g/mol. The van der Waals surface area contributed by atoms with E-state index in [-0.39, 0.29) is 12.5 Å². The van der Waals surface area contributed by atoms with Crippen molar-refractivity contribution in [3.05, 3.63) is 45.8 Å². The smallest absolute Gasteiger partial charge is 0.341 e. The molecule has 30 heavy (non-hydrogen) atoms. The molecule has 2 heterocycles. The van der Waals surface area contributed by atoms with Crippen LogP contribution in [0.5, 0.6) is 11.5 Å². The average Bonchev–Trinajstić information content (AvgIpc) is 3.08. The Balaban J connectivity index is 1.85. The van der Waals surface area contributed by atoms with Crippen molar-refractivity contribution in [3.63, 3.8) is 0 Å². The number of carbonyl (C=O) groups excluding carboxylic acids is 2. The first kappa shape index (κ1) is 21.9. The monoisotopic (exact) mass is 430 g/mol. The van der Waals surface area contributed by atoms with Crippen LogP contribution in [-0.2, 0) is 22.5 Å². The lowest BCUT2D eigenvalue weighted by atomic mass is 10.0. The van der Waals surface area contributed by atoms with E-state index in [0.717, 1.165) is 30.0 Å². The largest absolute Gasteiger partial charge is 0.497 e. The van der Waals surface area contributed by atoms with Crippen molar-refractivity contribution in [2.24, 2.45) is 0 Å². The minimum Gasteiger partial charge on any atom is -0.497 e. The van der Waals surface area contributed by atoms with Gasteiger partial charge in [0.2, 0.25) is 5.91 Å². The van der Waals surface area contributed by atoms with E-state index in [4.69, 9.17) is 14.2 Å². The molecule has 0 spiro atoms. The van der Waals surface area contributed by atoms with Crippen molar-refractivity contribution in [3.8, 4) is 11.5 Å². The SMILES string of the molecule is CCOC(=O)c1c(NC(=O)/C=C/c2cc(OC)ccc2OC)sc2c1CCN(C)C2. The second-order valence-corrected chi connectivity index (χ2v) is 7.95. The summed E-state index contributed by atoms with van der Waals surface area (Å²) < 4.78 is 15.8. The number of likely N-dealkylation sites (N-methyl/N-ethyl adjacent to an activating group) is 1. The van der Waals surface area contributed by atoms with E-state index in [0.29, 0.717) is 27.6 Å². The maximum atomic E-state index is 12.6. The molecule has 0 fully saturated rings. The number of carbonyl (C=O) groups is 2. The van der Waals surface area contributed by atoms with E-state index in [1.54, 1.807) is 45.4 Å². The van der Waals surface area contributed by atoms with Gasteiger partial charge in [-0.15, -0.1) is 11.3 Å². The van der Waals surface area contributed by atoms with Crippen LogP contribution in [0.3, 0.4) is 0 Å². The van der Waals surface area contributed by atoms with Gasteiger partial charge in [-0.05, 0) is 50.2 Å². The maximum absolute atomic E-state index is 12.6. The van der Waals surface area contributed by atoms with Crippen LogP contribution in [0.4, 0.5) is 5.00 Å². The Kier molecular flexibility index (Phi) is 7.12. The van der Waals surface area contributed by atoms with E-state index >= 15 is 0 Å². The summed E-state index contributed by atoms with van der Waals surface area (Å²) in [6.07, 6.45) is 3.82. The molecule has 1 aromatic heterocycles. The van der Waals surface area contributed by atoms with Gasteiger partial charge in [-0.2, -0.15) is 0 Å². The predicted octanol–water partition coefficient (Wildman–Crippen LogP) is 3.58. The van der Waals surface area contributed by atoms with Gasteiger partial charge in [-0.3, -0.25) is 4.79 Å². The Morgan fingerprint density at radius 2 is 2.07 bits per heavy atom. The summed E-state index contributed by atoms with van der Waals surface area (Å²) in [5.41, 5.74) is 2.17. The molecule has 0 saturated carbocycles. The van der Waals surface area contributed by atoms with Crippen molar-refractivity contribution >= 4 is 34.3 Å². The van der Waals surface area contributed by atoms with Crippen LogP contribution in [0.25, 0.3) is 6.08 Å². The Hall–Kier alpha value is -2.84. The van der Waals surface area contributed by atoms with E-state index < -0.39 is 5.97 Å². The summed E-state index contributed by atoms with van der Waals surface area (Å²) in [5.74, 6) is 0.558. The molecule has 1 aliphatic heterocycles. The quantitative estimate of drug-likeness (QED) is 0.534. The number of hydrogen-bond donors (Lipinski definition) is 1. The predicted molar refractivity (Wildman–Crippen MR) is 118 cm³/mol. The minimum atomic E-state index is -0.395. The van der Waals surface area contributed by atoms with Crippen LogP contribution in [0.2, 0.25) is 0 Å². The average molecular weight is 431 g/mol. The van der Waals surface area contributed by atoms with Crippen molar-refractivity contribution in [1.82, 2.24) is 4.90 Å². The zero-order valence-electron chi connectivity index (χ0n) is 17.6. The first-order valence-electron chi connectivity index (χ1n) is 9.68. The molecule has 0 bridgehead atoms. The fourth-order valence-electron chi connectivity index (χ4n) is 3.33. The summed E-state index contributed by atoms with van der Waals surface area (Å²) in [7, 11) is 5.18. The number of ether oxygens (including phenoxy) is 3. The second kappa shape index (κ2) is 9.77. The van der Waals surface area contributed by atoms with Crippen LogP contribution in [0.15, 0.2) is 24.3 Å². The number of nitrogens with zero attached hydrogens (tertiary/aromatic N) is 1. The van der Waals surface area contributed by atoms with Gasteiger partial charge in [0.15, 0.2) is 0 Å². The molecule has 2 aromatic rings. The van der Waals surface area contributed by atoms with Crippen LogP contribution >= 0.6 is 11.3 Å². The molecule has 0 atom stereocenters.